The van der Waals surface area contributed by atoms with Gasteiger partial charge in [-0.25, -0.2) is 4.79 Å². The van der Waals surface area contributed by atoms with Gasteiger partial charge in [0.05, 0.1) is 29.4 Å². The Labute approximate surface area is 214 Å². The number of ketones is 1. The zero-order valence-corrected chi connectivity index (χ0v) is 21.0. The zero-order valence-electron chi connectivity index (χ0n) is 21.0. The van der Waals surface area contributed by atoms with Gasteiger partial charge in [0.25, 0.3) is 0 Å². The van der Waals surface area contributed by atoms with Crippen molar-refractivity contribution in [1.82, 2.24) is 5.32 Å². The van der Waals surface area contributed by atoms with E-state index in [0.29, 0.717) is 39.9 Å². The molecule has 190 valence electrons. The molecule has 1 N–H and O–H groups in total. The Morgan fingerprint density at radius 2 is 1.86 bits per heavy atom. The predicted octanol–water partition coefficient (Wildman–Crippen LogP) is 5.54. The number of aryl methyl sites for hydroxylation is 1. The molecular formula is C30H29NO6. The third-order valence-electron chi connectivity index (χ3n) is 7.83. The summed E-state index contributed by atoms with van der Waals surface area (Å²) in [5, 5.41) is 3.75. The van der Waals surface area contributed by atoms with Crippen LogP contribution in [0, 0.1) is 6.92 Å². The molecule has 1 saturated carbocycles. The van der Waals surface area contributed by atoms with Crippen molar-refractivity contribution in [3.05, 3.63) is 92.5 Å². The van der Waals surface area contributed by atoms with Gasteiger partial charge >= 0.3 is 5.97 Å². The SMILES string of the molecule is CC1=C(C(=O)OC2CCCC2)[C@H](c2coc3ccc(C)cc3c2=O)C2=C(C[C@@H](c3ccco3)CC2=O)N1. The minimum atomic E-state index is -0.864. The van der Waals surface area contributed by atoms with E-state index in [4.69, 9.17) is 13.6 Å². The Bertz CT molecular complexity index is 1520. The first-order chi connectivity index (χ1) is 17.9. The van der Waals surface area contributed by atoms with Gasteiger partial charge in [-0.3, -0.25) is 9.59 Å². The normalized spacial score (nSPS) is 22.4. The van der Waals surface area contributed by atoms with Gasteiger partial charge in [-0.1, -0.05) is 11.6 Å². The number of hydrogen-bond acceptors (Lipinski definition) is 7. The summed E-state index contributed by atoms with van der Waals surface area (Å²) in [6.45, 7) is 3.71. The molecule has 0 unspecified atom stereocenters. The molecule has 0 bridgehead atoms. The molecular weight excluding hydrogens is 470 g/mol. The topological polar surface area (TPSA) is 98.8 Å². The number of dihydropyridines is 1. The molecule has 0 radical (unpaired) electrons. The van der Waals surface area contributed by atoms with Gasteiger partial charge in [0.15, 0.2) is 11.2 Å². The molecule has 2 aliphatic carbocycles. The summed E-state index contributed by atoms with van der Waals surface area (Å²) in [5.41, 5.74) is 3.44. The third-order valence-corrected chi connectivity index (χ3v) is 7.83. The fourth-order valence-corrected chi connectivity index (χ4v) is 6.03. The highest BCUT2D eigenvalue weighted by atomic mass is 16.5. The molecule has 0 spiro atoms. The third kappa shape index (κ3) is 4.12. The first-order valence-electron chi connectivity index (χ1n) is 12.9. The lowest BCUT2D eigenvalue weighted by atomic mass is 9.72. The predicted molar refractivity (Wildman–Crippen MR) is 137 cm³/mol. The summed E-state index contributed by atoms with van der Waals surface area (Å²) in [4.78, 5) is 41.2. The highest BCUT2D eigenvalue weighted by molar-refractivity contribution is 6.04. The van der Waals surface area contributed by atoms with E-state index >= 15 is 0 Å². The second-order valence-electron chi connectivity index (χ2n) is 10.4. The van der Waals surface area contributed by atoms with E-state index in [9.17, 15) is 14.4 Å². The number of rotatable bonds is 4. The van der Waals surface area contributed by atoms with E-state index in [1.54, 1.807) is 25.3 Å². The first kappa shape index (κ1) is 23.5. The monoisotopic (exact) mass is 499 g/mol. The molecule has 0 amide bonds. The van der Waals surface area contributed by atoms with E-state index in [0.717, 1.165) is 37.0 Å². The van der Waals surface area contributed by atoms with Gasteiger partial charge in [0.1, 0.15) is 17.4 Å². The van der Waals surface area contributed by atoms with Crippen LogP contribution in [0.5, 0.6) is 0 Å². The molecule has 37 heavy (non-hydrogen) atoms. The van der Waals surface area contributed by atoms with Crippen LogP contribution in [0.4, 0.5) is 0 Å². The molecule has 7 nitrogen and oxygen atoms in total. The molecule has 0 saturated heterocycles. The maximum absolute atomic E-state index is 13.8. The Morgan fingerprint density at radius 1 is 1.05 bits per heavy atom. The lowest BCUT2D eigenvalue weighted by molar-refractivity contribution is -0.144. The van der Waals surface area contributed by atoms with E-state index in [1.807, 2.05) is 25.1 Å². The van der Waals surface area contributed by atoms with Crippen LogP contribution in [0.25, 0.3) is 11.0 Å². The average molecular weight is 500 g/mol. The zero-order chi connectivity index (χ0) is 25.7. The molecule has 6 rings (SSSR count). The average Bonchev–Trinajstić information content (AvgIpc) is 3.58. The minimum Gasteiger partial charge on any atom is -0.469 e. The Morgan fingerprint density at radius 3 is 2.62 bits per heavy atom. The molecule has 3 aliphatic rings. The number of furan rings is 1. The van der Waals surface area contributed by atoms with Crippen LogP contribution in [0.2, 0.25) is 0 Å². The molecule has 2 aromatic heterocycles. The highest BCUT2D eigenvalue weighted by Gasteiger charge is 2.43. The first-order valence-corrected chi connectivity index (χ1v) is 12.9. The molecule has 1 aliphatic heterocycles. The van der Waals surface area contributed by atoms with E-state index < -0.39 is 11.9 Å². The second kappa shape index (κ2) is 9.21. The van der Waals surface area contributed by atoms with Crippen molar-refractivity contribution in [2.45, 2.75) is 70.3 Å². The van der Waals surface area contributed by atoms with Crippen LogP contribution in [0.3, 0.4) is 0 Å². The van der Waals surface area contributed by atoms with Crippen molar-refractivity contribution in [3.8, 4) is 0 Å². The lowest BCUT2D eigenvalue weighted by Gasteiger charge is -2.36. The number of fused-ring (bicyclic) bond motifs is 1. The summed E-state index contributed by atoms with van der Waals surface area (Å²) < 4.78 is 17.4. The number of hydrogen-bond donors (Lipinski definition) is 1. The van der Waals surface area contributed by atoms with Crippen LogP contribution >= 0.6 is 0 Å². The van der Waals surface area contributed by atoms with E-state index in [2.05, 4.69) is 5.32 Å². The fourth-order valence-electron chi connectivity index (χ4n) is 6.03. The van der Waals surface area contributed by atoms with Crippen molar-refractivity contribution in [1.29, 1.82) is 0 Å². The molecule has 3 aromatic rings. The van der Waals surface area contributed by atoms with Crippen LogP contribution in [0.15, 0.2) is 79.0 Å². The maximum atomic E-state index is 13.8. The Kier molecular flexibility index (Phi) is 5.86. The number of benzene rings is 1. The number of carbonyl (C=O) groups is 2. The Balaban J connectivity index is 1.49. The quantitative estimate of drug-likeness (QED) is 0.471. The second-order valence-corrected chi connectivity index (χ2v) is 10.4. The van der Waals surface area contributed by atoms with Crippen molar-refractivity contribution < 1.29 is 23.2 Å². The summed E-state index contributed by atoms with van der Waals surface area (Å²) in [6, 6.07) is 9.11. The molecule has 1 fully saturated rings. The van der Waals surface area contributed by atoms with Gasteiger partial charge in [-0.05, 0) is 70.2 Å². The van der Waals surface area contributed by atoms with Crippen molar-refractivity contribution >= 4 is 22.7 Å². The fraction of sp³-hybridized carbons (Fsp3) is 0.367. The molecule has 7 heteroatoms. The minimum absolute atomic E-state index is 0.121. The number of ether oxygens (including phenoxy) is 1. The van der Waals surface area contributed by atoms with Crippen LogP contribution < -0.4 is 10.7 Å². The van der Waals surface area contributed by atoms with Crippen LogP contribution in [0.1, 0.15) is 74.2 Å². The summed E-state index contributed by atoms with van der Waals surface area (Å²) in [7, 11) is 0. The largest absolute Gasteiger partial charge is 0.469 e. The number of allylic oxidation sites excluding steroid dienone is 3. The number of Topliss-reactive ketones (excluding diaryl/α,β-unsaturated/α-hetero) is 1. The number of esters is 1. The van der Waals surface area contributed by atoms with Gasteiger partial charge < -0.3 is 18.9 Å². The van der Waals surface area contributed by atoms with Crippen LogP contribution in [-0.4, -0.2) is 17.9 Å². The van der Waals surface area contributed by atoms with Crippen molar-refractivity contribution in [2.24, 2.45) is 0 Å². The van der Waals surface area contributed by atoms with Crippen molar-refractivity contribution in [3.63, 3.8) is 0 Å². The van der Waals surface area contributed by atoms with Crippen LogP contribution in [-0.2, 0) is 14.3 Å². The molecule has 2 atom stereocenters. The molecule has 1 aromatic carbocycles. The smallest absolute Gasteiger partial charge is 0.337 e. The lowest BCUT2D eigenvalue weighted by Crippen LogP contribution is -2.38. The van der Waals surface area contributed by atoms with E-state index in [-0.39, 0.29) is 35.2 Å². The standard InChI is InChI=1S/C30H29NO6/c1-16-9-10-25-20(12-16)29(33)21(15-36-25)27-26(30(34)37-19-6-3-4-7-19)17(2)31-22-13-18(14-23(32)28(22)27)24-8-5-11-35-24/h5,8-12,15,18-19,27,31H,3-4,6-7,13-14H2,1-2H3/t18-,27+/m1/s1. The van der Waals surface area contributed by atoms with Gasteiger partial charge in [-0.2, -0.15) is 0 Å². The summed E-state index contributed by atoms with van der Waals surface area (Å²) >= 11 is 0. The number of carbonyl (C=O) groups excluding carboxylic acids is 2. The van der Waals surface area contributed by atoms with Gasteiger partial charge in [-0.15, -0.1) is 0 Å². The summed E-state index contributed by atoms with van der Waals surface area (Å²) in [5.74, 6) is -0.853. The van der Waals surface area contributed by atoms with E-state index in [1.165, 1.54) is 6.26 Å². The maximum Gasteiger partial charge on any atom is 0.337 e. The van der Waals surface area contributed by atoms with Gasteiger partial charge in [0, 0.05) is 34.9 Å². The Hall–Kier alpha value is -3.87. The summed E-state index contributed by atoms with van der Waals surface area (Å²) in [6.07, 6.45) is 7.31. The van der Waals surface area contributed by atoms with Crippen molar-refractivity contribution in [2.75, 3.05) is 0 Å². The highest BCUT2D eigenvalue weighted by Crippen LogP contribution is 2.45. The molecule has 3 heterocycles. The van der Waals surface area contributed by atoms with Gasteiger partial charge in [0.2, 0.25) is 0 Å². The number of nitrogens with one attached hydrogen (secondary N) is 1.